The van der Waals surface area contributed by atoms with Crippen molar-refractivity contribution in [3.63, 3.8) is 0 Å². The van der Waals surface area contributed by atoms with Crippen LogP contribution in [0.2, 0.25) is 0 Å². The van der Waals surface area contributed by atoms with E-state index in [1.807, 2.05) is 24.0 Å². The van der Waals surface area contributed by atoms with Crippen molar-refractivity contribution in [1.82, 2.24) is 0 Å². The van der Waals surface area contributed by atoms with Crippen LogP contribution in [0.1, 0.15) is 37.3 Å². The van der Waals surface area contributed by atoms with Gasteiger partial charge in [0.1, 0.15) is 11.6 Å². The highest BCUT2D eigenvalue weighted by Gasteiger charge is 2.21. The van der Waals surface area contributed by atoms with Crippen LogP contribution in [0.3, 0.4) is 0 Å². The van der Waals surface area contributed by atoms with Gasteiger partial charge in [-0.3, -0.25) is 15.0 Å². The summed E-state index contributed by atoms with van der Waals surface area (Å²) in [5.41, 5.74) is 8.49. The Morgan fingerprint density at radius 2 is 2.03 bits per heavy atom. The van der Waals surface area contributed by atoms with E-state index < -0.39 is 6.10 Å². The van der Waals surface area contributed by atoms with Gasteiger partial charge in [-0.2, -0.15) is 0 Å². The Hall–Kier alpha value is -3.35. The van der Waals surface area contributed by atoms with Gasteiger partial charge in [-0.05, 0) is 62.6 Å². The third kappa shape index (κ3) is 4.93. The Morgan fingerprint density at radius 1 is 1.24 bits per heavy atom. The van der Waals surface area contributed by atoms with Gasteiger partial charge in [-0.15, -0.1) is 0 Å². The van der Waals surface area contributed by atoms with E-state index in [4.69, 9.17) is 15.9 Å². The molecular formula is C22H26N4O3. The van der Waals surface area contributed by atoms with E-state index in [1.54, 1.807) is 37.3 Å². The number of carbonyl (C=O) groups excluding carboxylic acids is 2. The van der Waals surface area contributed by atoms with E-state index in [9.17, 15) is 9.59 Å². The summed E-state index contributed by atoms with van der Waals surface area (Å²) in [6.45, 7) is 4.32. The van der Waals surface area contributed by atoms with Crippen LogP contribution in [-0.4, -0.2) is 30.3 Å². The van der Waals surface area contributed by atoms with Crippen molar-refractivity contribution >= 4 is 29.0 Å². The summed E-state index contributed by atoms with van der Waals surface area (Å²) in [4.78, 5) is 26.5. The topological polar surface area (TPSA) is 109 Å². The van der Waals surface area contributed by atoms with Crippen molar-refractivity contribution in [3.8, 4) is 5.75 Å². The fourth-order valence-electron chi connectivity index (χ4n) is 3.34. The quantitative estimate of drug-likeness (QED) is 0.516. The highest BCUT2D eigenvalue weighted by Crippen LogP contribution is 2.27. The lowest BCUT2D eigenvalue weighted by atomic mass is 10.1. The van der Waals surface area contributed by atoms with Crippen LogP contribution in [-0.2, 0) is 9.59 Å². The van der Waals surface area contributed by atoms with Crippen LogP contribution in [0, 0.1) is 12.3 Å². The normalized spacial score (nSPS) is 15.0. The average Bonchev–Trinajstić information content (AvgIpc) is 2.69. The molecule has 1 aliphatic heterocycles. The minimum Gasteiger partial charge on any atom is -0.481 e. The zero-order valence-electron chi connectivity index (χ0n) is 16.7. The molecule has 1 fully saturated rings. The molecule has 1 heterocycles. The fourth-order valence-corrected chi connectivity index (χ4v) is 3.34. The van der Waals surface area contributed by atoms with Gasteiger partial charge in [-0.25, -0.2) is 0 Å². The molecule has 29 heavy (non-hydrogen) atoms. The third-order valence-corrected chi connectivity index (χ3v) is 4.91. The zero-order chi connectivity index (χ0) is 21.0. The van der Waals surface area contributed by atoms with Crippen molar-refractivity contribution in [2.24, 2.45) is 5.73 Å². The summed E-state index contributed by atoms with van der Waals surface area (Å²) in [6.07, 6.45) is 1.79. The first-order chi connectivity index (χ1) is 13.8. The minimum absolute atomic E-state index is 0.0599. The van der Waals surface area contributed by atoms with Crippen molar-refractivity contribution < 1.29 is 14.3 Å². The molecule has 0 aromatic heterocycles. The summed E-state index contributed by atoms with van der Waals surface area (Å²) in [6, 6.07) is 12.3. The standard InChI is InChI=1S/C22H26N4O3/c1-14-12-17(9-10-19(14)26-11-4-3-8-20(26)27)25-22(28)15(2)29-18-7-5-6-16(13-18)21(23)24/h5-7,9-10,12-13,15H,3-4,8,11H2,1-2H3,(H3,23,24)(H,25,28). The molecule has 2 aromatic carbocycles. The Bertz CT molecular complexity index is 941. The Kier molecular flexibility index (Phi) is 6.16. The van der Waals surface area contributed by atoms with E-state index in [0.717, 1.165) is 30.6 Å². The summed E-state index contributed by atoms with van der Waals surface area (Å²) in [7, 11) is 0. The highest BCUT2D eigenvalue weighted by molar-refractivity contribution is 5.97. The number of amidine groups is 1. The maximum Gasteiger partial charge on any atom is 0.265 e. The molecular weight excluding hydrogens is 368 g/mol. The first-order valence-electron chi connectivity index (χ1n) is 9.68. The van der Waals surface area contributed by atoms with Gasteiger partial charge < -0.3 is 20.7 Å². The minimum atomic E-state index is -0.735. The maximum atomic E-state index is 12.5. The number of ether oxygens (including phenoxy) is 1. The number of nitrogen functional groups attached to an aromatic ring is 1. The molecule has 0 radical (unpaired) electrons. The van der Waals surface area contributed by atoms with Crippen LogP contribution in [0.25, 0.3) is 0 Å². The molecule has 1 unspecified atom stereocenters. The maximum absolute atomic E-state index is 12.5. The number of nitrogens with zero attached hydrogens (tertiary/aromatic N) is 1. The predicted octanol–water partition coefficient (Wildman–Crippen LogP) is 3.20. The largest absolute Gasteiger partial charge is 0.481 e. The second-order valence-electron chi connectivity index (χ2n) is 7.19. The molecule has 4 N–H and O–H groups in total. The molecule has 7 heteroatoms. The van der Waals surface area contributed by atoms with Crippen LogP contribution in [0.15, 0.2) is 42.5 Å². The summed E-state index contributed by atoms with van der Waals surface area (Å²) in [5, 5.41) is 10.3. The second-order valence-corrected chi connectivity index (χ2v) is 7.19. The molecule has 2 aromatic rings. The van der Waals surface area contributed by atoms with Gasteiger partial charge in [0.25, 0.3) is 5.91 Å². The Morgan fingerprint density at radius 3 is 2.72 bits per heavy atom. The van der Waals surface area contributed by atoms with Crippen LogP contribution < -0.4 is 20.7 Å². The Balaban J connectivity index is 1.65. The van der Waals surface area contributed by atoms with Gasteiger partial charge >= 0.3 is 0 Å². The summed E-state index contributed by atoms with van der Waals surface area (Å²) in [5.74, 6) is 0.260. The highest BCUT2D eigenvalue weighted by atomic mass is 16.5. The van der Waals surface area contributed by atoms with Gasteiger partial charge in [0.15, 0.2) is 6.10 Å². The molecule has 152 valence electrons. The van der Waals surface area contributed by atoms with E-state index in [2.05, 4.69) is 5.32 Å². The van der Waals surface area contributed by atoms with E-state index in [1.165, 1.54) is 0 Å². The van der Waals surface area contributed by atoms with Gasteiger partial charge in [0, 0.05) is 29.9 Å². The van der Waals surface area contributed by atoms with Gasteiger partial charge in [-0.1, -0.05) is 12.1 Å². The van der Waals surface area contributed by atoms with Crippen LogP contribution in [0.5, 0.6) is 5.75 Å². The molecule has 0 aliphatic carbocycles. The van der Waals surface area contributed by atoms with E-state index >= 15 is 0 Å². The lowest BCUT2D eigenvalue weighted by Crippen LogP contribution is -2.35. The summed E-state index contributed by atoms with van der Waals surface area (Å²) < 4.78 is 5.69. The molecule has 1 saturated heterocycles. The van der Waals surface area contributed by atoms with Crippen molar-refractivity contribution in [1.29, 1.82) is 5.41 Å². The molecule has 2 amide bonds. The van der Waals surface area contributed by atoms with Gasteiger partial charge in [0.2, 0.25) is 5.91 Å². The predicted molar refractivity (Wildman–Crippen MR) is 114 cm³/mol. The lowest BCUT2D eigenvalue weighted by molar-refractivity contribution is -0.122. The molecule has 1 atom stereocenters. The molecule has 0 bridgehead atoms. The lowest BCUT2D eigenvalue weighted by Gasteiger charge is -2.28. The molecule has 1 aliphatic rings. The fraction of sp³-hybridized carbons (Fsp3) is 0.318. The molecule has 0 spiro atoms. The smallest absolute Gasteiger partial charge is 0.265 e. The zero-order valence-corrected chi connectivity index (χ0v) is 16.7. The van der Waals surface area contributed by atoms with E-state index in [0.29, 0.717) is 23.4 Å². The van der Waals surface area contributed by atoms with Crippen molar-refractivity contribution in [2.75, 3.05) is 16.8 Å². The third-order valence-electron chi connectivity index (χ3n) is 4.91. The number of rotatable bonds is 6. The average molecular weight is 394 g/mol. The van der Waals surface area contributed by atoms with Crippen LogP contribution >= 0.6 is 0 Å². The summed E-state index contributed by atoms with van der Waals surface area (Å²) >= 11 is 0. The Labute approximate surface area is 170 Å². The van der Waals surface area contributed by atoms with Crippen molar-refractivity contribution in [2.45, 2.75) is 39.2 Å². The number of hydrogen-bond acceptors (Lipinski definition) is 4. The first kappa shape index (κ1) is 20.4. The van der Waals surface area contributed by atoms with Crippen LogP contribution in [0.4, 0.5) is 11.4 Å². The number of aryl methyl sites for hydroxylation is 1. The van der Waals surface area contributed by atoms with E-state index in [-0.39, 0.29) is 17.6 Å². The number of carbonyl (C=O) groups is 2. The molecule has 7 nitrogen and oxygen atoms in total. The first-order valence-corrected chi connectivity index (χ1v) is 9.68. The monoisotopic (exact) mass is 394 g/mol. The molecule has 0 saturated carbocycles. The number of hydrogen-bond donors (Lipinski definition) is 3. The van der Waals surface area contributed by atoms with Crippen molar-refractivity contribution in [3.05, 3.63) is 53.6 Å². The van der Waals surface area contributed by atoms with Gasteiger partial charge in [0.05, 0.1) is 0 Å². The molecule has 3 rings (SSSR count). The number of amides is 2. The number of benzene rings is 2. The number of anilines is 2. The number of piperidine rings is 1. The second kappa shape index (κ2) is 8.77. The number of nitrogens with two attached hydrogens (primary N) is 1. The number of nitrogens with one attached hydrogen (secondary N) is 2. The SMILES string of the molecule is Cc1cc(NC(=O)C(C)Oc2cccc(C(=N)N)c2)ccc1N1CCCCC1=O.